The van der Waals surface area contributed by atoms with Crippen LogP contribution in [0.2, 0.25) is 0 Å². The van der Waals surface area contributed by atoms with Crippen molar-refractivity contribution in [3.8, 4) is 0 Å². The molecule has 0 radical (unpaired) electrons. The summed E-state index contributed by atoms with van der Waals surface area (Å²) >= 11 is 0. The van der Waals surface area contributed by atoms with Gasteiger partial charge >= 0.3 is 0 Å². The van der Waals surface area contributed by atoms with E-state index in [1.54, 1.807) is 0 Å². The number of hydrogen-bond donors (Lipinski definition) is 2. The van der Waals surface area contributed by atoms with Crippen molar-refractivity contribution in [1.29, 1.82) is 0 Å². The topological polar surface area (TPSA) is 50.4 Å². The minimum absolute atomic E-state index is 0.0130. The normalized spacial score (nSPS) is 22.8. The molecule has 94 valence electrons. The number of ether oxygens (including phenoxy) is 1. The molecule has 1 fully saturated rings. The molecular weight excluding hydrogens is 204 g/mol. The average Bonchev–Trinajstić information content (AvgIpc) is 2.30. The van der Waals surface area contributed by atoms with Gasteiger partial charge in [0.1, 0.15) is 6.10 Å². The second kappa shape index (κ2) is 7.63. The molecule has 0 saturated carbocycles. The number of hydrogen-bond acceptors (Lipinski definition) is 3. The Balaban J connectivity index is 2.16. The number of carbonyl (C=O) groups is 1. The van der Waals surface area contributed by atoms with E-state index < -0.39 is 0 Å². The molecule has 0 aromatic carbocycles. The van der Waals surface area contributed by atoms with Crippen molar-refractivity contribution in [2.24, 2.45) is 0 Å². The van der Waals surface area contributed by atoms with E-state index >= 15 is 0 Å². The molecule has 1 aliphatic heterocycles. The molecule has 0 aliphatic carbocycles. The van der Waals surface area contributed by atoms with Crippen LogP contribution in [0.25, 0.3) is 0 Å². The van der Waals surface area contributed by atoms with E-state index in [0.717, 1.165) is 45.3 Å². The lowest BCUT2D eigenvalue weighted by atomic mass is 10.1. The second-order valence-electron chi connectivity index (χ2n) is 4.39. The van der Waals surface area contributed by atoms with Gasteiger partial charge in [0.05, 0.1) is 6.10 Å². The summed E-state index contributed by atoms with van der Waals surface area (Å²) in [6, 6.07) is 0. The highest BCUT2D eigenvalue weighted by Gasteiger charge is 2.20. The van der Waals surface area contributed by atoms with E-state index in [1.165, 1.54) is 0 Å². The van der Waals surface area contributed by atoms with Crippen LogP contribution in [0, 0.1) is 0 Å². The average molecular weight is 228 g/mol. The molecule has 1 amide bonds. The van der Waals surface area contributed by atoms with Crippen LogP contribution in [-0.2, 0) is 9.53 Å². The Kier molecular flexibility index (Phi) is 6.42. The highest BCUT2D eigenvalue weighted by atomic mass is 16.5. The molecule has 1 rings (SSSR count). The fourth-order valence-electron chi connectivity index (χ4n) is 1.82. The van der Waals surface area contributed by atoms with Gasteiger partial charge in [-0.25, -0.2) is 0 Å². The van der Waals surface area contributed by atoms with Gasteiger partial charge in [0, 0.05) is 13.1 Å². The lowest BCUT2D eigenvalue weighted by Crippen LogP contribution is -2.42. The first-order valence-corrected chi connectivity index (χ1v) is 6.38. The largest absolute Gasteiger partial charge is 0.364 e. The first kappa shape index (κ1) is 13.5. The van der Waals surface area contributed by atoms with Crippen LogP contribution >= 0.6 is 0 Å². The number of piperidine rings is 1. The summed E-state index contributed by atoms with van der Waals surface area (Å²) in [6.07, 6.45) is 4.18. The number of rotatable bonds is 6. The zero-order valence-corrected chi connectivity index (χ0v) is 10.4. The highest BCUT2D eigenvalue weighted by Crippen LogP contribution is 2.08. The molecule has 1 saturated heterocycles. The monoisotopic (exact) mass is 228 g/mol. The standard InChI is InChI=1S/C12H24N2O2/c1-3-4-8-14-12(15)10(2)16-11-6-5-7-13-9-11/h10-11,13H,3-9H2,1-2H3,(H,14,15)/t10?,11-/m0/s1. The van der Waals surface area contributed by atoms with E-state index in [1.807, 2.05) is 6.92 Å². The quantitative estimate of drug-likeness (QED) is 0.668. The number of unbranched alkanes of at least 4 members (excludes halogenated alkanes) is 1. The third-order valence-electron chi connectivity index (χ3n) is 2.85. The number of carbonyl (C=O) groups excluding carboxylic acids is 1. The van der Waals surface area contributed by atoms with Gasteiger partial charge in [-0.3, -0.25) is 4.79 Å². The number of amides is 1. The van der Waals surface area contributed by atoms with Crippen LogP contribution in [0.1, 0.15) is 39.5 Å². The summed E-state index contributed by atoms with van der Waals surface area (Å²) in [6.45, 7) is 6.63. The Morgan fingerprint density at radius 2 is 2.44 bits per heavy atom. The van der Waals surface area contributed by atoms with Crippen molar-refractivity contribution < 1.29 is 9.53 Å². The van der Waals surface area contributed by atoms with Crippen molar-refractivity contribution >= 4 is 5.91 Å². The van der Waals surface area contributed by atoms with Crippen LogP contribution in [0.15, 0.2) is 0 Å². The lowest BCUT2D eigenvalue weighted by Gasteiger charge is -2.25. The van der Waals surface area contributed by atoms with Crippen molar-refractivity contribution in [3.63, 3.8) is 0 Å². The predicted octanol–water partition coefficient (Wildman–Crippen LogP) is 1.06. The van der Waals surface area contributed by atoms with E-state index in [4.69, 9.17) is 4.74 Å². The van der Waals surface area contributed by atoms with Gasteiger partial charge in [0.15, 0.2) is 0 Å². The van der Waals surface area contributed by atoms with E-state index in [0.29, 0.717) is 0 Å². The minimum atomic E-state index is -0.332. The van der Waals surface area contributed by atoms with E-state index in [2.05, 4.69) is 17.6 Å². The fourth-order valence-corrected chi connectivity index (χ4v) is 1.82. The Bertz CT molecular complexity index is 203. The zero-order valence-electron chi connectivity index (χ0n) is 10.4. The van der Waals surface area contributed by atoms with Gasteiger partial charge in [0.25, 0.3) is 0 Å². The summed E-state index contributed by atoms with van der Waals surface area (Å²) in [7, 11) is 0. The van der Waals surface area contributed by atoms with Crippen molar-refractivity contribution in [1.82, 2.24) is 10.6 Å². The molecule has 1 heterocycles. The zero-order chi connectivity index (χ0) is 11.8. The fraction of sp³-hybridized carbons (Fsp3) is 0.917. The molecule has 16 heavy (non-hydrogen) atoms. The Morgan fingerprint density at radius 1 is 1.62 bits per heavy atom. The lowest BCUT2D eigenvalue weighted by molar-refractivity contribution is -0.135. The highest BCUT2D eigenvalue weighted by molar-refractivity contribution is 5.80. The summed E-state index contributed by atoms with van der Waals surface area (Å²) in [5, 5.41) is 6.16. The molecular formula is C12H24N2O2. The molecule has 0 bridgehead atoms. The molecule has 2 N–H and O–H groups in total. The van der Waals surface area contributed by atoms with Crippen molar-refractivity contribution in [3.05, 3.63) is 0 Å². The van der Waals surface area contributed by atoms with Gasteiger partial charge < -0.3 is 15.4 Å². The van der Waals surface area contributed by atoms with Gasteiger partial charge in [-0.2, -0.15) is 0 Å². The predicted molar refractivity (Wildman–Crippen MR) is 64.4 cm³/mol. The summed E-state index contributed by atoms with van der Waals surface area (Å²) in [5.41, 5.74) is 0. The van der Waals surface area contributed by atoms with Crippen LogP contribution in [0.4, 0.5) is 0 Å². The van der Waals surface area contributed by atoms with E-state index in [-0.39, 0.29) is 18.1 Å². The maximum Gasteiger partial charge on any atom is 0.248 e. The first-order chi connectivity index (χ1) is 7.74. The smallest absolute Gasteiger partial charge is 0.248 e. The maximum atomic E-state index is 11.6. The summed E-state index contributed by atoms with van der Waals surface area (Å²) in [5.74, 6) is 0.0130. The SMILES string of the molecule is CCCCNC(=O)C(C)O[C@H]1CCCNC1. The van der Waals surface area contributed by atoms with Crippen LogP contribution in [-0.4, -0.2) is 37.7 Å². The molecule has 4 nitrogen and oxygen atoms in total. The van der Waals surface area contributed by atoms with Gasteiger partial charge in [-0.15, -0.1) is 0 Å². The Labute approximate surface area is 98.1 Å². The summed E-state index contributed by atoms with van der Waals surface area (Å²) in [4.78, 5) is 11.6. The molecule has 1 unspecified atom stereocenters. The van der Waals surface area contributed by atoms with Crippen LogP contribution < -0.4 is 10.6 Å². The van der Waals surface area contributed by atoms with Gasteiger partial charge in [0.2, 0.25) is 5.91 Å². The first-order valence-electron chi connectivity index (χ1n) is 6.38. The molecule has 2 atom stereocenters. The molecule has 0 aromatic rings. The maximum absolute atomic E-state index is 11.6. The van der Waals surface area contributed by atoms with Crippen molar-refractivity contribution in [2.75, 3.05) is 19.6 Å². The minimum Gasteiger partial charge on any atom is -0.364 e. The second-order valence-corrected chi connectivity index (χ2v) is 4.39. The van der Waals surface area contributed by atoms with Crippen molar-refractivity contribution in [2.45, 2.75) is 51.7 Å². The molecule has 0 aromatic heterocycles. The Morgan fingerprint density at radius 3 is 3.06 bits per heavy atom. The molecule has 0 spiro atoms. The molecule has 4 heteroatoms. The summed E-state index contributed by atoms with van der Waals surface area (Å²) < 4.78 is 5.71. The third-order valence-corrected chi connectivity index (χ3v) is 2.85. The van der Waals surface area contributed by atoms with Crippen LogP contribution in [0.3, 0.4) is 0 Å². The molecule has 1 aliphatic rings. The van der Waals surface area contributed by atoms with Gasteiger partial charge in [-0.1, -0.05) is 13.3 Å². The Hall–Kier alpha value is -0.610. The van der Waals surface area contributed by atoms with Crippen LogP contribution in [0.5, 0.6) is 0 Å². The van der Waals surface area contributed by atoms with Gasteiger partial charge in [-0.05, 0) is 32.7 Å². The number of nitrogens with one attached hydrogen (secondary N) is 2. The third kappa shape index (κ3) is 4.94. The van der Waals surface area contributed by atoms with E-state index in [9.17, 15) is 4.79 Å².